The maximum Gasteiger partial charge on any atom is 0.227 e. The van der Waals surface area contributed by atoms with Crippen LogP contribution in [0.5, 0.6) is 0 Å². The highest BCUT2D eigenvalue weighted by atomic mass is 19.1. The van der Waals surface area contributed by atoms with Gasteiger partial charge in [-0.15, -0.1) is 0 Å². The molecule has 2 aromatic heterocycles. The molecule has 3 aromatic rings. The first-order valence-corrected chi connectivity index (χ1v) is 10.3. The molecule has 0 unspecified atom stereocenters. The molecule has 1 saturated heterocycles. The average molecular weight is 424 g/mol. The van der Waals surface area contributed by atoms with Crippen molar-refractivity contribution in [3.8, 4) is 11.4 Å². The van der Waals surface area contributed by atoms with Gasteiger partial charge in [-0.2, -0.15) is 4.98 Å². The molecule has 1 aliphatic rings. The van der Waals surface area contributed by atoms with Crippen molar-refractivity contribution >= 4 is 11.7 Å². The second-order valence-electron chi connectivity index (χ2n) is 7.76. The Labute approximate surface area is 180 Å². The first-order valence-electron chi connectivity index (χ1n) is 10.3. The van der Waals surface area contributed by atoms with E-state index in [1.54, 1.807) is 19.1 Å². The molecule has 1 fully saturated rings. The fourth-order valence-corrected chi connectivity index (χ4v) is 3.67. The Morgan fingerprint density at radius 2 is 1.84 bits per heavy atom. The Hall–Kier alpha value is -3.36. The third-order valence-electron chi connectivity index (χ3n) is 5.35. The fraction of sp³-hybridized carbons (Fsp3) is 0.409. The van der Waals surface area contributed by atoms with Crippen molar-refractivity contribution in [2.24, 2.45) is 0 Å². The van der Waals surface area contributed by atoms with Crippen LogP contribution in [-0.4, -0.2) is 57.1 Å². The molecule has 3 heterocycles. The number of nitrogens with zero attached hydrogens (tertiary/aromatic N) is 6. The van der Waals surface area contributed by atoms with Crippen molar-refractivity contribution in [3.05, 3.63) is 53.1 Å². The summed E-state index contributed by atoms with van der Waals surface area (Å²) in [5.41, 5.74) is 2.15. The summed E-state index contributed by atoms with van der Waals surface area (Å²) in [7, 11) is 0. The van der Waals surface area contributed by atoms with E-state index in [1.165, 1.54) is 6.07 Å². The first-order chi connectivity index (χ1) is 14.9. The summed E-state index contributed by atoms with van der Waals surface area (Å²) in [6.07, 6.45) is 0.673. The van der Waals surface area contributed by atoms with Crippen LogP contribution in [0.1, 0.15) is 29.4 Å². The standard InChI is InChI=1S/C22H25FN6O2/c1-14-12-17(4-5-18(14)23)22-26-20(31-27-22)6-7-21(30)29-10-8-28(9-11-29)19-13-15(2)24-16(3)25-19/h4-5,12-13H,6-11H2,1-3H3. The highest BCUT2D eigenvalue weighted by molar-refractivity contribution is 5.76. The van der Waals surface area contributed by atoms with E-state index in [4.69, 9.17) is 4.52 Å². The maximum atomic E-state index is 13.4. The molecule has 0 radical (unpaired) electrons. The molecule has 1 aromatic carbocycles. The van der Waals surface area contributed by atoms with E-state index in [0.717, 1.165) is 30.4 Å². The number of carbonyl (C=O) groups is 1. The van der Waals surface area contributed by atoms with Gasteiger partial charge in [-0.25, -0.2) is 14.4 Å². The zero-order valence-electron chi connectivity index (χ0n) is 17.9. The minimum atomic E-state index is -0.275. The van der Waals surface area contributed by atoms with Gasteiger partial charge in [-0.05, 0) is 44.5 Å². The van der Waals surface area contributed by atoms with Crippen LogP contribution in [0.4, 0.5) is 10.2 Å². The predicted octanol–water partition coefficient (Wildman–Crippen LogP) is 2.87. The maximum absolute atomic E-state index is 13.4. The van der Waals surface area contributed by atoms with Crippen molar-refractivity contribution in [2.75, 3.05) is 31.1 Å². The van der Waals surface area contributed by atoms with Gasteiger partial charge in [0.1, 0.15) is 17.5 Å². The third-order valence-corrected chi connectivity index (χ3v) is 5.35. The lowest BCUT2D eigenvalue weighted by atomic mass is 10.1. The Bertz CT molecular complexity index is 1070. The van der Waals surface area contributed by atoms with E-state index >= 15 is 0 Å². The number of carbonyl (C=O) groups excluding carboxylic acids is 1. The van der Waals surface area contributed by atoms with Crippen molar-refractivity contribution in [3.63, 3.8) is 0 Å². The van der Waals surface area contributed by atoms with Gasteiger partial charge in [-0.3, -0.25) is 4.79 Å². The molecule has 1 aliphatic heterocycles. The summed E-state index contributed by atoms with van der Waals surface area (Å²) in [5.74, 6) is 2.25. The Kier molecular flexibility index (Phi) is 5.92. The molecule has 0 spiro atoms. The van der Waals surface area contributed by atoms with Crippen molar-refractivity contribution in [1.29, 1.82) is 0 Å². The van der Waals surface area contributed by atoms with Crippen LogP contribution in [-0.2, 0) is 11.2 Å². The van der Waals surface area contributed by atoms with E-state index in [0.29, 0.717) is 48.8 Å². The second-order valence-corrected chi connectivity index (χ2v) is 7.76. The van der Waals surface area contributed by atoms with Crippen LogP contribution in [0.25, 0.3) is 11.4 Å². The molecular weight excluding hydrogens is 399 g/mol. The molecule has 4 rings (SSSR count). The lowest BCUT2D eigenvalue weighted by Gasteiger charge is -2.35. The zero-order valence-corrected chi connectivity index (χ0v) is 17.9. The highest BCUT2D eigenvalue weighted by Gasteiger charge is 2.23. The van der Waals surface area contributed by atoms with Crippen LogP contribution in [0.15, 0.2) is 28.8 Å². The lowest BCUT2D eigenvalue weighted by Crippen LogP contribution is -2.49. The normalized spacial score (nSPS) is 14.2. The highest BCUT2D eigenvalue weighted by Crippen LogP contribution is 2.20. The zero-order chi connectivity index (χ0) is 22.0. The number of hydrogen-bond acceptors (Lipinski definition) is 7. The number of aromatic nitrogens is 4. The Morgan fingerprint density at radius 3 is 2.55 bits per heavy atom. The van der Waals surface area contributed by atoms with Crippen LogP contribution in [0.3, 0.4) is 0 Å². The molecule has 0 atom stereocenters. The van der Waals surface area contributed by atoms with Crippen LogP contribution >= 0.6 is 0 Å². The van der Waals surface area contributed by atoms with Gasteiger partial charge < -0.3 is 14.3 Å². The summed E-state index contributed by atoms with van der Waals surface area (Å²) >= 11 is 0. The minimum absolute atomic E-state index is 0.0621. The molecule has 9 heteroatoms. The Balaban J connectivity index is 1.30. The van der Waals surface area contributed by atoms with Gasteiger partial charge in [-0.1, -0.05) is 5.16 Å². The van der Waals surface area contributed by atoms with Crippen molar-refractivity contribution in [2.45, 2.75) is 33.6 Å². The number of amides is 1. The van der Waals surface area contributed by atoms with Gasteiger partial charge in [0.15, 0.2) is 0 Å². The number of hydrogen-bond donors (Lipinski definition) is 0. The third kappa shape index (κ3) is 4.87. The molecule has 1 amide bonds. The summed E-state index contributed by atoms with van der Waals surface area (Å²) in [4.78, 5) is 29.8. The number of rotatable bonds is 5. The second kappa shape index (κ2) is 8.79. The molecule has 162 valence electrons. The molecular formula is C22H25FN6O2. The number of piperazine rings is 1. The van der Waals surface area contributed by atoms with Gasteiger partial charge in [0, 0.05) is 56.3 Å². The molecule has 0 bridgehead atoms. The summed E-state index contributed by atoms with van der Waals surface area (Å²) < 4.78 is 18.7. The smallest absolute Gasteiger partial charge is 0.227 e. The molecule has 8 nitrogen and oxygen atoms in total. The summed E-state index contributed by atoms with van der Waals surface area (Å²) in [6.45, 7) is 8.28. The van der Waals surface area contributed by atoms with E-state index in [9.17, 15) is 9.18 Å². The van der Waals surface area contributed by atoms with E-state index in [2.05, 4.69) is 25.0 Å². The summed E-state index contributed by atoms with van der Waals surface area (Å²) in [5, 5.41) is 3.95. The van der Waals surface area contributed by atoms with Crippen LogP contribution in [0, 0.1) is 26.6 Å². The van der Waals surface area contributed by atoms with Gasteiger partial charge >= 0.3 is 0 Å². The lowest BCUT2D eigenvalue weighted by molar-refractivity contribution is -0.131. The van der Waals surface area contributed by atoms with E-state index in [-0.39, 0.29) is 11.7 Å². The fourth-order valence-electron chi connectivity index (χ4n) is 3.67. The minimum Gasteiger partial charge on any atom is -0.353 e. The topological polar surface area (TPSA) is 88.2 Å². The molecule has 0 saturated carbocycles. The van der Waals surface area contributed by atoms with E-state index in [1.807, 2.05) is 24.8 Å². The quantitative estimate of drug-likeness (QED) is 0.622. The summed E-state index contributed by atoms with van der Waals surface area (Å²) in [6, 6.07) is 6.64. The van der Waals surface area contributed by atoms with Gasteiger partial charge in [0.2, 0.25) is 17.6 Å². The van der Waals surface area contributed by atoms with Crippen LogP contribution in [0.2, 0.25) is 0 Å². The van der Waals surface area contributed by atoms with Crippen molar-refractivity contribution < 1.29 is 13.7 Å². The average Bonchev–Trinajstić information content (AvgIpc) is 3.22. The molecule has 0 N–H and O–H groups in total. The number of aryl methyl sites for hydroxylation is 4. The van der Waals surface area contributed by atoms with Gasteiger partial charge in [0.05, 0.1) is 0 Å². The largest absolute Gasteiger partial charge is 0.353 e. The van der Waals surface area contributed by atoms with Gasteiger partial charge in [0.25, 0.3) is 0 Å². The first kappa shape index (κ1) is 20.9. The predicted molar refractivity (Wildman–Crippen MR) is 113 cm³/mol. The monoisotopic (exact) mass is 424 g/mol. The van der Waals surface area contributed by atoms with Crippen molar-refractivity contribution in [1.82, 2.24) is 25.0 Å². The number of halogens is 1. The SMILES string of the molecule is Cc1cc(N2CCN(C(=O)CCc3nc(-c4ccc(F)c(C)c4)no3)CC2)nc(C)n1. The molecule has 0 aliphatic carbocycles. The number of benzene rings is 1. The van der Waals surface area contributed by atoms with Crippen LogP contribution < -0.4 is 4.90 Å². The number of anilines is 1. The Morgan fingerprint density at radius 1 is 1.06 bits per heavy atom. The van der Waals surface area contributed by atoms with E-state index < -0.39 is 0 Å². The molecule has 31 heavy (non-hydrogen) atoms.